The highest BCUT2D eigenvalue weighted by molar-refractivity contribution is 9.10. The van der Waals surface area contributed by atoms with E-state index >= 15 is 0 Å². The second kappa shape index (κ2) is 6.62. The fourth-order valence-electron chi connectivity index (χ4n) is 1.76. The number of halogens is 2. The standard InChI is InChI=1S/C15H17BrClN3O/c1-8(2)14-19-13(17)9(3)15(20-14)18-10-5-6-11(16)12(7-10)21-4/h5-8H,1-4H3,(H,18,19,20). The van der Waals surface area contributed by atoms with Gasteiger partial charge < -0.3 is 10.1 Å². The van der Waals surface area contributed by atoms with Gasteiger partial charge in [-0.2, -0.15) is 0 Å². The van der Waals surface area contributed by atoms with Crippen LogP contribution in [-0.4, -0.2) is 17.1 Å². The van der Waals surface area contributed by atoms with Gasteiger partial charge in [-0.1, -0.05) is 25.4 Å². The van der Waals surface area contributed by atoms with E-state index in [1.807, 2.05) is 39.0 Å². The predicted molar refractivity (Wildman–Crippen MR) is 89.8 cm³/mol. The largest absolute Gasteiger partial charge is 0.495 e. The number of nitrogens with zero attached hydrogens (tertiary/aromatic N) is 2. The number of aromatic nitrogens is 2. The molecule has 2 rings (SSSR count). The average Bonchev–Trinajstić information content (AvgIpc) is 2.45. The minimum Gasteiger partial charge on any atom is -0.495 e. The summed E-state index contributed by atoms with van der Waals surface area (Å²) >= 11 is 9.62. The van der Waals surface area contributed by atoms with Crippen molar-refractivity contribution in [2.75, 3.05) is 12.4 Å². The molecule has 6 heteroatoms. The molecule has 1 N–H and O–H groups in total. The Hall–Kier alpha value is -1.33. The second-order valence-corrected chi connectivity index (χ2v) is 6.19. The van der Waals surface area contributed by atoms with E-state index < -0.39 is 0 Å². The van der Waals surface area contributed by atoms with E-state index in [2.05, 4.69) is 31.2 Å². The lowest BCUT2D eigenvalue weighted by Crippen LogP contribution is -2.05. The van der Waals surface area contributed by atoms with Gasteiger partial charge in [0.15, 0.2) is 0 Å². The Balaban J connectivity index is 2.39. The number of rotatable bonds is 4. The predicted octanol–water partition coefficient (Wildman–Crippen LogP) is 5.08. The van der Waals surface area contributed by atoms with Crippen molar-refractivity contribution in [1.82, 2.24) is 9.97 Å². The first-order valence-electron chi connectivity index (χ1n) is 6.57. The van der Waals surface area contributed by atoms with E-state index in [-0.39, 0.29) is 5.92 Å². The van der Waals surface area contributed by atoms with Gasteiger partial charge in [-0.3, -0.25) is 0 Å². The van der Waals surface area contributed by atoms with Crippen LogP contribution in [0, 0.1) is 6.92 Å². The maximum absolute atomic E-state index is 6.19. The smallest absolute Gasteiger partial charge is 0.138 e. The summed E-state index contributed by atoms with van der Waals surface area (Å²) in [7, 11) is 1.63. The van der Waals surface area contributed by atoms with E-state index in [0.29, 0.717) is 11.0 Å². The molecule has 0 saturated heterocycles. The molecule has 21 heavy (non-hydrogen) atoms. The molecular formula is C15H17BrClN3O. The van der Waals surface area contributed by atoms with Crippen LogP contribution in [0.5, 0.6) is 5.75 Å². The summed E-state index contributed by atoms with van der Waals surface area (Å²) in [6.07, 6.45) is 0. The third-order valence-corrected chi connectivity index (χ3v) is 4.06. The third-order valence-electron chi connectivity index (χ3n) is 3.03. The number of nitrogens with one attached hydrogen (secondary N) is 1. The van der Waals surface area contributed by atoms with Crippen LogP contribution in [0.25, 0.3) is 0 Å². The lowest BCUT2D eigenvalue weighted by molar-refractivity contribution is 0.412. The van der Waals surface area contributed by atoms with Crippen molar-refractivity contribution in [2.24, 2.45) is 0 Å². The van der Waals surface area contributed by atoms with Gasteiger partial charge in [0.1, 0.15) is 22.5 Å². The summed E-state index contributed by atoms with van der Waals surface area (Å²) < 4.78 is 6.19. The van der Waals surface area contributed by atoms with E-state index in [0.717, 1.165) is 27.3 Å². The van der Waals surface area contributed by atoms with Crippen LogP contribution in [0.3, 0.4) is 0 Å². The molecule has 4 nitrogen and oxygen atoms in total. The Labute approximate surface area is 138 Å². The third kappa shape index (κ3) is 3.66. The number of hydrogen-bond acceptors (Lipinski definition) is 4. The molecule has 0 amide bonds. The summed E-state index contributed by atoms with van der Waals surface area (Å²) in [5, 5.41) is 3.75. The van der Waals surface area contributed by atoms with Crippen molar-refractivity contribution in [3.8, 4) is 5.75 Å². The molecule has 1 aromatic carbocycles. The second-order valence-electron chi connectivity index (χ2n) is 4.98. The molecule has 2 aromatic rings. The van der Waals surface area contributed by atoms with Crippen LogP contribution < -0.4 is 10.1 Å². The number of benzene rings is 1. The molecule has 0 aliphatic heterocycles. The minimum atomic E-state index is 0.211. The number of methoxy groups -OCH3 is 1. The maximum atomic E-state index is 6.19. The molecule has 1 aromatic heterocycles. The van der Waals surface area contributed by atoms with Crippen molar-refractivity contribution in [3.05, 3.63) is 39.2 Å². The highest BCUT2D eigenvalue weighted by Crippen LogP contribution is 2.31. The molecule has 112 valence electrons. The van der Waals surface area contributed by atoms with Gasteiger partial charge in [-0.25, -0.2) is 9.97 Å². The van der Waals surface area contributed by atoms with Crippen LogP contribution >= 0.6 is 27.5 Å². The fourth-order valence-corrected chi connectivity index (χ4v) is 2.34. The Morgan fingerprint density at radius 2 is 2.00 bits per heavy atom. The maximum Gasteiger partial charge on any atom is 0.138 e. The van der Waals surface area contributed by atoms with Crippen LogP contribution in [0.1, 0.15) is 31.2 Å². The quantitative estimate of drug-likeness (QED) is 0.763. The molecule has 0 spiro atoms. The first-order valence-corrected chi connectivity index (χ1v) is 7.74. The average molecular weight is 371 g/mol. The molecule has 0 aliphatic carbocycles. The van der Waals surface area contributed by atoms with Crippen LogP contribution in [-0.2, 0) is 0 Å². The van der Waals surface area contributed by atoms with Crippen LogP contribution in [0.15, 0.2) is 22.7 Å². The topological polar surface area (TPSA) is 47.0 Å². The Morgan fingerprint density at radius 1 is 1.29 bits per heavy atom. The molecule has 0 saturated carbocycles. The summed E-state index contributed by atoms with van der Waals surface area (Å²) in [6.45, 7) is 5.96. The fraction of sp³-hybridized carbons (Fsp3) is 0.333. The van der Waals surface area contributed by atoms with Gasteiger partial charge in [0.05, 0.1) is 11.6 Å². The molecule has 0 fully saturated rings. The van der Waals surface area contributed by atoms with Crippen molar-refractivity contribution >= 4 is 39.0 Å². The summed E-state index contributed by atoms with van der Waals surface area (Å²) in [6, 6.07) is 5.76. The van der Waals surface area contributed by atoms with Crippen molar-refractivity contribution in [3.63, 3.8) is 0 Å². The molecule has 0 atom stereocenters. The lowest BCUT2D eigenvalue weighted by atomic mass is 10.2. The monoisotopic (exact) mass is 369 g/mol. The van der Waals surface area contributed by atoms with E-state index in [1.165, 1.54) is 0 Å². The zero-order valence-corrected chi connectivity index (χ0v) is 14.7. The molecule has 0 aliphatic rings. The first-order chi connectivity index (χ1) is 9.92. The summed E-state index contributed by atoms with van der Waals surface area (Å²) in [5.41, 5.74) is 1.70. The molecule has 1 heterocycles. The van der Waals surface area contributed by atoms with E-state index in [4.69, 9.17) is 16.3 Å². The summed E-state index contributed by atoms with van der Waals surface area (Å²) in [5.74, 6) is 2.39. The molecular weight excluding hydrogens is 354 g/mol. The van der Waals surface area contributed by atoms with Gasteiger partial charge in [0, 0.05) is 23.2 Å². The molecule has 0 unspecified atom stereocenters. The van der Waals surface area contributed by atoms with Crippen LogP contribution in [0.4, 0.5) is 11.5 Å². The van der Waals surface area contributed by atoms with Crippen molar-refractivity contribution in [1.29, 1.82) is 0 Å². The first kappa shape index (κ1) is 16.0. The highest BCUT2D eigenvalue weighted by atomic mass is 79.9. The summed E-state index contributed by atoms with van der Waals surface area (Å²) in [4.78, 5) is 8.85. The molecule has 0 radical (unpaired) electrons. The lowest BCUT2D eigenvalue weighted by Gasteiger charge is -2.14. The normalized spacial score (nSPS) is 10.8. The number of hydrogen-bond donors (Lipinski definition) is 1. The van der Waals surface area contributed by atoms with Gasteiger partial charge >= 0.3 is 0 Å². The Morgan fingerprint density at radius 3 is 2.62 bits per heavy atom. The minimum absolute atomic E-state index is 0.211. The Kier molecular flexibility index (Phi) is 5.06. The van der Waals surface area contributed by atoms with E-state index in [9.17, 15) is 0 Å². The number of ether oxygens (including phenoxy) is 1. The zero-order chi connectivity index (χ0) is 15.6. The van der Waals surface area contributed by atoms with Gasteiger partial charge in [0.2, 0.25) is 0 Å². The number of anilines is 2. The Bertz CT molecular complexity index is 662. The van der Waals surface area contributed by atoms with E-state index in [1.54, 1.807) is 7.11 Å². The van der Waals surface area contributed by atoms with Crippen molar-refractivity contribution in [2.45, 2.75) is 26.7 Å². The zero-order valence-electron chi connectivity index (χ0n) is 12.4. The highest BCUT2D eigenvalue weighted by Gasteiger charge is 2.12. The van der Waals surface area contributed by atoms with Crippen LogP contribution in [0.2, 0.25) is 5.15 Å². The van der Waals surface area contributed by atoms with Gasteiger partial charge in [-0.15, -0.1) is 0 Å². The van der Waals surface area contributed by atoms with Gasteiger partial charge in [-0.05, 0) is 35.0 Å². The molecule has 0 bridgehead atoms. The SMILES string of the molecule is COc1cc(Nc2nc(C(C)C)nc(Cl)c2C)ccc1Br. The van der Waals surface area contributed by atoms with Gasteiger partial charge in [0.25, 0.3) is 0 Å². The van der Waals surface area contributed by atoms with Crippen molar-refractivity contribution < 1.29 is 4.74 Å².